The molecule has 10 heteroatoms. The summed E-state index contributed by atoms with van der Waals surface area (Å²) in [5.74, 6) is -4.09. The molecule has 1 fully saturated rings. The van der Waals surface area contributed by atoms with Crippen LogP contribution in [0.25, 0.3) is 0 Å². The van der Waals surface area contributed by atoms with Crippen molar-refractivity contribution in [3.8, 4) is 0 Å². The molecule has 10 nitrogen and oxygen atoms in total. The van der Waals surface area contributed by atoms with Crippen molar-refractivity contribution >= 4 is 41.2 Å². The molecule has 1 saturated heterocycles. The van der Waals surface area contributed by atoms with E-state index in [2.05, 4.69) is 10.6 Å². The van der Waals surface area contributed by atoms with E-state index in [0.29, 0.717) is 0 Å². The van der Waals surface area contributed by atoms with Crippen molar-refractivity contribution in [2.24, 2.45) is 0 Å². The third-order valence-electron chi connectivity index (χ3n) is 4.54. The van der Waals surface area contributed by atoms with E-state index in [-0.39, 0.29) is 48.9 Å². The minimum atomic E-state index is -1.09. The van der Waals surface area contributed by atoms with Crippen LogP contribution < -0.4 is 10.6 Å². The zero-order valence-corrected chi connectivity index (χ0v) is 14.7. The lowest BCUT2D eigenvalue weighted by Crippen LogP contribution is -2.54. The molecule has 0 spiro atoms. The first-order chi connectivity index (χ1) is 13.3. The van der Waals surface area contributed by atoms with Crippen LogP contribution in [0.15, 0.2) is 18.2 Å². The summed E-state index contributed by atoms with van der Waals surface area (Å²) in [6.45, 7) is 0. The van der Waals surface area contributed by atoms with E-state index >= 15 is 0 Å². The summed E-state index contributed by atoms with van der Waals surface area (Å²) in [5, 5.41) is 13.3. The third kappa shape index (κ3) is 3.61. The number of nitrogens with zero attached hydrogens (tertiary/aromatic N) is 1. The van der Waals surface area contributed by atoms with E-state index in [4.69, 9.17) is 5.11 Å². The van der Waals surface area contributed by atoms with Gasteiger partial charge in [0.2, 0.25) is 17.7 Å². The van der Waals surface area contributed by atoms with Gasteiger partial charge in [-0.2, -0.15) is 0 Å². The van der Waals surface area contributed by atoms with Crippen molar-refractivity contribution < 1.29 is 33.9 Å². The number of nitrogens with one attached hydrogen (secondary N) is 2. The number of aliphatic carboxylic acids is 1. The zero-order valence-electron chi connectivity index (χ0n) is 14.7. The number of imide groups is 2. The largest absolute Gasteiger partial charge is 0.481 e. The lowest BCUT2D eigenvalue weighted by atomic mass is 10.0. The summed E-state index contributed by atoms with van der Waals surface area (Å²) in [7, 11) is 0. The number of amides is 5. The number of hydrogen-bond acceptors (Lipinski definition) is 6. The highest BCUT2D eigenvalue weighted by Crippen LogP contribution is 2.32. The Labute approximate surface area is 158 Å². The Hall–Kier alpha value is -3.56. The van der Waals surface area contributed by atoms with Crippen LogP contribution in [0.5, 0.6) is 0 Å². The molecule has 146 valence electrons. The topological polar surface area (TPSA) is 150 Å². The maximum absolute atomic E-state index is 12.9. The molecule has 1 atom stereocenters. The van der Waals surface area contributed by atoms with Gasteiger partial charge in [-0.25, -0.2) is 0 Å². The van der Waals surface area contributed by atoms with Gasteiger partial charge in [-0.05, 0) is 25.0 Å². The van der Waals surface area contributed by atoms with Crippen LogP contribution in [0.3, 0.4) is 0 Å². The quantitative estimate of drug-likeness (QED) is 0.593. The fourth-order valence-corrected chi connectivity index (χ4v) is 3.23. The monoisotopic (exact) mass is 387 g/mol. The van der Waals surface area contributed by atoms with Crippen LogP contribution in [-0.4, -0.2) is 51.6 Å². The van der Waals surface area contributed by atoms with E-state index in [9.17, 15) is 28.8 Å². The van der Waals surface area contributed by atoms with Gasteiger partial charge in [-0.3, -0.25) is 39.0 Å². The Kier molecular flexibility index (Phi) is 5.21. The smallest absolute Gasteiger partial charge is 0.303 e. The van der Waals surface area contributed by atoms with Gasteiger partial charge in [0.05, 0.1) is 16.8 Å². The number of anilines is 1. The minimum absolute atomic E-state index is 0.0109. The van der Waals surface area contributed by atoms with E-state index < -0.39 is 41.5 Å². The molecule has 3 N–H and O–H groups in total. The second-order valence-electron chi connectivity index (χ2n) is 6.47. The molecule has 0 saturated carbocycles. The first kappa shape index (κ1) is 19.2. The highest BCUT2D eigenvalue weighted by Gasteiger charge is 2.45. The Bertz CT molecular complexity index is 908. The summed E-state index contributed by atoms with van der Waals surface area (Å²) in [4.78, 5) is 72.3. The van der Waals surface area contributed by atoms with Crippen molar-refractivity contribution in [3.63, 3.8) is 0 Å². The van der Waals surface area contributed by atoms with Gasteiger partial charge >= 0.3 is 5.97 Å². The SMILES string of the molecule is O=C(O)CCCC(=O)Nc1cccc2c1C(=O)N(C1CCC(=O)NC1=O)C2=O. The number of carboxylic acids is 1. The maximum Gasteiger partial charge on any atom is 0.303 e. The van der Waals surface area contributed by atoms with Crippen molar-refractivity contribution in [2.45, 2.75) is 38.1 Å². The van der Waals surface area contributed by atoms with Crippen molar-refractivity contribution in [1.82, 2.24) is 10.2 Å². The molecular formula is C18H17N3O7. The number of piperidine rings is 1. The molecule has 1 aromatic carbocycles. The van der Waals surface area contributed by atoms with Crippen LogP contribution in [0.4, 0.5) is 5.69 Å². The Morgan fingerprint density at radius 1 is 1.14 bits per heavy atom. The van der Waals surface area contributed by atoms with Gasteiger partial charge in [-0.15, -0.1) is 0 Å². The summed E-state index contributed by atoms with van der Waals surface area (Å²) in [6, 6.07) is 3.27. The number of carbonyl (C=O) groups excluding carboxylic acids is 5. The highest BCUT2D eigenvalue weighted by molar-refractivity contribution is 6.26. The van der Waals surface area contributed by atoms with Gasteiger partial charge in [0.25, 0.3) is 11.8 Å². The molecule has 2 aliphatic rings. The molecule has 0 radical (unpaired) electrons. The predicted octanol–water partition coefficient (Wildman–Crippen LogP) is 0.281. The predicted molar refractivity (Wildman–Crippen MR) is 93.2 cm³/mol. The summed E-state index contributed by atoms with van der Waals surface area (Å²) >= 11 is 0. The summed E-state index contributed by atoms with van der Waals surface area (Å²) < 4.78 is 0. The number of benzene rings is 1. The van der Waals surface area contributed by atoms with Crippen LogP contribution >= 0.6 is 0 Å². The standard InChI is InChI=1S/C18H17N3O7/c22-12(5-2-6-14(24)25)19-10-4-1-3-9-15(10)18(28)21(17(9)27)11-7-8-13(23)20-16(11)26/h1,3-4,11H,2,5-8H2,(H,19,22)(H,24,25)(H,20,23,26). The fourth-order valence-electron chi connectivity index (χ4n) is 3.23. The fraction of sp³-hybridized carbons (Fsp3) is 0.333. The number of carbonyl (C=O) groups is 6. The molecule has 28 heavy (non-hydrogen) atoms. The van der Waals surface area contributed by atoms with Gasteiger partial charge in [0.15, 0.2) is 0 Å². The molecule has 3 rings (SSSR count). The second-order valence-corrected chi connectivity index (χ2v) is 6.47. The van der Waals surface area contributed by atoms with E-state index in [1.165, 1.54) is 18.2 Å². The Morgan fingerprint density at radius 3 is 2.57 bits per heavy atom. The van der Waals surface area contributed by atoms with Gasteiger partial charge in [0.1, 0.15) is 6.04 Å². The Morgan fingerprint density at radius 2 is 1.89 bits per heavy atom. The number of carboxylic acid groups (broad SMARTS) is 1. The second kappa shape index (κ2) is 7.59. The van der Waals surface area contributed by atoms with Crippen molar-refractivity contribution in [1.29, 1.82) is 0 Å². The van der Waals surface area contributed by atoms with Crippen LogP contribution in [0.1, 0.15) is 52.8 Å². The molecule has 1 aromatic rings. The van der Waals surface area contributed by atoms with Gasteiger partial charge in [-0.1, -0.05) is 6.07 Å². The Balaban J connectivity index is 1.80. The molecule has 2 heterocycles. The van der Waals surface area contributed by atoms with E-state index in [1.54, 1.807) is 0 Å². The molecule has 2 aliphatic heterocycles. The molecular weight excluding hydrogens is 370 g/mol. The number of rotatable bonds is 6. The van der Waals surface area contributed by atoms with Crippen LogP contribution in [0.2, 0.25) is 0 Å². The maximum atomic E-state index is 12.9. The summed E-state index contributed by atoms with van der Waals surface area (Å²) in [6.07, 6.45) is -0.0501. The lowest BCUT2D eigenvalue weighted by Gasteiger charge is -2.27. The van der Waals surface area contributed by atoms with E-state index in [1.807, 2.05) is 0 Å². The van der Waals surface area contributed by atoms with E-state index in [0.717, 1.165) is 4.90 Å². The van der Waals surface area contributed by atoms with Crippen LogP contribution in [-0.2, 0) is 19.2 Å². The van der Waals surface area contributed by atoms with Crippen molar-refractivity contribution in [2.75, 3.05) is 5.32 Å². The van der Waals surface area contributed by atoms with Gasteiger partial charge < -0.3 is 10.4 Å². The first-order valence-electron chi connectivity index (χ1n) is 8.66. The number of hydrogen-bond donors (Lipinski definition) is 3. The molecule has 0 bridgehead atoms. The highest BCUT2D eigenvalue weighted by atomic mass is 16.4. The summed E-state index contributed by atoms with van der Waals surface area (Å²) in [5.41, 5.74) is 0.146. The lowest BCUT2D eigenvalue weighted by molar-refractivity contribution is -0.138. The number of fused-ring (bicyclic) bond motifs is 1. The molecule has 1 unspecified atom stereocenters. The normalized spacial score (nSPS) is 18.7. The first-order valence-corrected chi connectivity index (χ1v) is 8.66. The molecule has 0 aliphatic carbocycles. The molecule has 5 amide bonds. The van der Waals surface area contributed by atoms with Crippen LogP contribution in [0, 0.1) is 0 Å². The minimum Gasteiger partial charge on any atom is -0.481 e. The third-order valence-corrected chi connectivity index (χ3v) is 4.54. The van der Waals surface area contributed by atoms with Gasteiger partial charge in [0, 0.05) is 19.3 Å². The average Bonchev–Trinajstić information content (AvgIpc) is 2.87. The molecule has 0 aromatic heterocycles. The van der Waals surface area contributed by atoms with Crippen molar-refractivity contribution in [3.05, 3.63) is 29.3 Å². The zero-order chi connectivity index (χ0) is 20.4. The average molecular weight is 387 g/mol.